The van der Waals surface area contributed by atoms with Crippen molar-refractivity contribution in [3.63, 3.8) is 0 Å². The zero-order valence-electron chi connectivity index (χ0n) is 22.1. The van der Waals surface area contributed by atoms with Crippen LogP contribution in [0.3, 0.4) is 0 Å². The number of halogens is 1. The quantitative estimate of drug-likeness (QED) is 0.336. The van der Waals surface area contributed by atoms with Gasteiger partial charge in [0.1, 0.15) is 5.67 Å². The Morgan fingerprint density at radius 2 is 1.86 bits per heavy atom. The topological polar surface area (TPSA) is 87.0 Å². The van der Waals surface area contributed by atoms with Gasteiger partial charge in [-0.3, -0.25) is 4.79 Å². The molecule has 0 aromatic rings. The molecule has 198 valence electrons. The molecule has 6 heteroatoms. The molecule has 0 amide bonds. The van der Waals surface area contributed by atoms with Gasteiger partial charge in [-0.2, -0.15) is 0 Å². The standard InChI is InChI=1S/C29H45FO5/c1-6-35-26(34)27(2,3)25(33)13-15-29(5,30)24-12-11-23-20(8-7-14-28(23,24)4)10-9-19-16-21(31)18-22(32)17-19/h9-10,13,15,21-25,31-33H,6-8,11-12,14,16-18H2,1-5H3/b15-13+,20-10+/t21-,22-,23+,24+,25-,28+,29-/m1/s1. The van der Waals surface area contributed by atoms with Crippen LogP contribution in [-0.4, -0.2) is 51.9 Å². The van der Waals surface area contributed by atoms with Crippen LogP contribution in [-0.2, 0) is 9.53 Å². The molecule has 7 atom stereocenters. The number of allylic oxidation sites excluding steroid dienone is 4. The predicted molar refractivity (Wildman–Crippen MR) is 135 cm³/mol. The third-order valence-electron chi connectivity index (χ3n) is 8.86. The molecule has 0 aliphatic heterocycles. The van der Waals surface area contributed by atoms with Crippen molar-refractivity contribution in [2.24, 2.45) is 22.7 Å². The molecule has 5 nitrogen and oxygen atoms in total. The van der Waals surface area contributed by atoms with Crippen molar-refractivity contribution < 1.29 is 29.2 Å². The van der Waals surface area contributed by atoms with Crippen molar-refractivity contribution in [3.8, 4) is 0 Å². The highest BCUT2D eigenvalue weighted by Gasteiger charge is 2.55. The molecule has 0 saturated heterocycles. The number of alkyl halides is 1. The van der Waals surface area contributed by atoms with Crippen LogP contribution in [0.25, 0.3) is 0 Å². The molecule has 3 aliphatic carbocycles. The zero-order valence-corrected chi connectivity index (χ0v) is 22.1. The van der Waals surface area contributed by atoms with Gasteiger partial charge in [-0.25, -0.2) is 4.39 Å². The van der Waals surface area contributed by atoms with E-state index in [1.165, 1.54) is 17.7 Å². The Hall–Kier alpha value is -1.50. The second kappa shape index (κ2) is 10.9. The van der Waals surface area contributed by atoms with Crippen LogP contribution in [0.2, 0.25) is 0 Å². The average Bonchev–Trinajstić information content (AvgIpc) is 3.14. The summed E-state index contributed by atoms with van der Waals surface area (Å²) in [5.41, 5.74) is -0.551. The van der Waals surface area contributed by atoms with E-state index in [0.29, 0.717) is 25.2 Å². The molecule has 3 saturated carbocycles. The van der Waals surface area contributed by atoms with Crippen molar-refractivity contribution in [1.29, 1.82) is 0 Å². The van der Waals surface area contributed by atoms with E-state index in [0.717, 1.165) is 37.7 Å². The van der Waals surface area contributed by atoms with Crippen molar-refractivity contribution >= 4 is 5.97 Å². The van der Waals surface area contributed by atoms with E-state index in [1.807, 2.05) is 0 Å². The fraction of sp³-hybridized carbons (Fsp3) is 0.759. The molecule has 0 bridgehead atoms. The Labute approximate surface area is 210 Å². The van der Waals surface area contributed by atoms with Gasteiger partial charge < -0.3 is 20.1 Å². The third kappa shape index (κ3) is 6.08. The molecule has 3 fully saturated rings. The second-order valence-electron chi connectivity index (χ2n) is 12.0. The molecule has 0 aromatic heterocycles. The minimum absolute atomic E-state index is 0.191. The maximum absolute atomic E-state index is 16.2. The highest BCUT2D eigenvalue weighted by Crippen LogP contribution is 2.61. The summed E-state index contributed by atoms with van der Waals surface area (Å²) in [7, 11) is 0. The summed E-state index contributed by atoms with van der Waals surface area (Å²) in [4.78, 5) is 12.2. The lowest BCUT2D eigenvalue weighted by atomic mass is 9.60. The maximum Gasteiger partial charge on any atom is 0.314 e. The Bertz CT molecular complexity index is 845. The van der Waals surface area contributed by atoms with E-state index in [9.17, 15) is 20.1 Å². The Morgan fingerprint density at radius 1 is 1.20 bits per heavy atom. The average molecular weight is 493 g/mol. The van der Waals surface area contributed by atoms with Crippen molar-refractivity contribution in [2.75, 3.05) is 6.61 Å². The Morgan fingerprint density at radius 3 is 2.49 bits per heavy atom. The third-order valence-corrected chi connectivity index (χ3v) is 8.86. The van der Waals surface area contributed by atoms with E-state index in [2.05, 4.69) is 19.1 Å². The van der Waals surface area contributed by atoms with Gasteiger partial charge in [-0.1, -0.05) is 36.3 Å². The first-order valence-corrected chi connectivity index (χ1v) is 13.3. The van der Waals surface area contributed by atoms with E-state index >= 15 is 4.39 Å². The Balaban J connectivity index is 1.76. The zero-order chi connectivity index (χ0) is 26.0. The van der Waals surface area contributed by atoms with Crippen LogP contribution in [0.5, 0.6) is 0 Å². The van der Waals surface area contributed by atoms with Gasteiger partial charge in [-0.15, -0.1) is 0 Å². The summed E-state index contributed by atoms with van der Waals surface area (Å²) in [6.45, 7) is 8.97. The smallest absolute Gasteiger partial charge is 0.314 e. The minimum Gasteiger partial charge on any atom is -0.465 e. The fourth-order valence-corrected chi connectivity index (χ4v) is 6.77. The largest absolute Gasteiger partial charge is 0.465 e. The summed E-state index contributed by atoms with van der Waals surface area (Å²) in [5, 5.41) is 30.6. The first kappa shape index (κ1) is 28.1. The van der Waals surface area contributed by atoms with Gasteiger partial charge in [-0.05, 0) is 96.5 Å². The number of esters is 1. The minimum atomic E-state index is -1.62. The molecular formula is C29H45FO5. The van der Waals surface area contributed by atoms with Crippen molar-refractivity contribution in [2.45, 2.75) is 110 Å². The molecular weight excluding hydrogens is 447 g/mol. The molecule has 0 unspecified atom stereocenters. The number of aliphatic hydroxyl groups is 3. The van der Waals surface area contributed by atoms with E-state index in [-0.39, 0.29) is 17.9 Å². The van der Waals surface area contributed by atoms with Crippen LogP contribution in [0.15, 0.2) is 35.5 Å². The van der Waals surface area contributed by atoms with Crippen LogP contribution < -0.4 is 0 Å². The molecule has 0 radical (unpaired) electrons. The van der Waals surface area contributed by atoms with Gasteiger partial charge >= 0.3 is 5.97 Å². The van der Waals surface area contributed by atoms with Crippen LogP contribution >= 0.6 is 0 Å². The van der Waals surface area contributed by atoms with Gasteiger partial charge in [0.2, 0.25) is 0 Å². The first-order chi connectivity index (χ1) is 16.3. The lowest BCUT2D eigenvalue weighted by Gasteiger charge is -2.45. The molecule has 0 aromatic carbocycles. The van der Waals surface area contributed by atoms with E-state index in [1.54, 1.807) is 27.7 Å². The van der Waals surface area contributed by atoms with Crippen molar-refractivity contribution in [3.05, 3.63) is 35.5 Å². The molecule has 0 spiro atoms. The number of carbonyl (C=O) groups is 1. The van der Waals surface area contributed by atoms with Gasteiger partial charge in [0.15, 0.2) is 0 Å². The number of rotatable bonds is 7. The van der Waals surface area contributed by atoms with Crippen LogP contribution in [0.4, 0.5) is 4.39 Å². The van der Waals surface area contributed by atoms with Crippen LogP contribution in [0, 0.1) is 22.7 Å². The van der Waals surface area contributed by atoms with E-state index in [4.69, 9.17) is 4.74 Å². The normalized spacial score (nSPS) is 35.6. The number of hydrogen-bond acceptors (Lipinski definition) is 5. The maximum atomic E-state index is 16.2. The highest BCUT2D eigenvalue weighted by molar-refractivity contribution is 5.77. The van der Waals surface area contributed by atoms with Gasteiger partial charge in [0, 0.05) is 5.92 Å². The summed E-state index contributed by atoms with van der Waals surface area (Å²) in [6.07, 6.45) is 11.3. The van der Waals surface area contributed by atoms with Crippen LogP contribution in [0.1, 0.15) is 86.0 Å². The molecule has 3 N–H and O–H groups in total. The predicted octanol–water partition coefficient (Wildman–Crippen LogP) is 5.20. The Kier molecular flexibility index (Phi) is 8.71. The second-order valence-corrected chi connectivity index (χ2v) is 12.0. The highest BCUT2D eigenvalue weighted by atomic mass is 19.1. The number of fused-ring (bicyclic) bond motifs is 1. The lowest BCUT2D eigenvalue weighted by molar-refractivity contribution is -0.158. The molecule has 3 rings (SSSR count). The number of ether oxygens (including phenoxy) is 1. The summed E-state index contributed by atoms with van der Waals surface area (Å²) < 4.78 is 21.3. The molecule has 35 heavy (non-hydrogen) atoms. The number of carbonyl (C=O) groups excluding carboxylic acids is 1. The summed E-state index contributed by atoms with van der Waals surface area (Å²) in [5.74, 6) is -0.399. The van der Waals surface area contributed by atoms with E-state index < -0.39 is 35.4 Å². The fourth-order valence-electron chi connectivity index (χ4n) is 6.77. The first-order valence-electron chi connectivity index (χ1n) is 13.3. The number of hydrogen-bond donors (Lipinski definition) is 3. The van der Waals surface area contributed by atoms with Crippen molar-refractivity contribution in [1.82, 2.24) is 0 Å². The van der Waals surface area contributed by atoms with Gasteiger partial charge in [0.25, 0.3) is 0 Å². The number of aliphatic hydroxyl groups excluding tert-OH is 3. The summed E-state index contributed by atoms with van der Waals surface area (Å²) in [6, 6.07) is 0. The molecule has 3 aliphatic rings. The molecule has 0 heterocycles. The lowest BCUT2D eigenvalue weighted by Crippen LogP contribution is -2.42. The monoisotopic (exact) mass is 492 g/mol. The SMILES string of the molecule is CCOC(=O)C(C)(C)[C@H](O)/C=C/[C@@](C)(F)[C@H]1CC[C@H]2/C(=C/C=C3C[C@@H](O)C[C@H](O)C3)CCC[C@@]21C. The van der Waals surface area contributed by atoms with Gasteiger partial charge in [0.05, 0.1) is 30.3 Å². The summed E-state index contributed by atoms with van der Waals surface area (Å²) >= 11 is 0.